The van der Waals surface area contributed by atoms with Crippen LogP contribution in [-0.2, 0) is 10.1 Å². The van der Waals surface area contributed by atoms with Crippen LogP contribution in [0.2, 0.25) is 0 Å². The molecule has 0 spiro atoms. The summed E-state index contributed by atoms with van der Waals surface area (Å²) < 4.78 is 31.2. The van der Waals surface area contributed by atoms with Gasteiger partial charge in [0, 0.05) is 0 Å². The largest absolute Gasteiger partial charge is 0.295 e. The predicted octanol–water partition coefficient (Wildman–Crippen LogP) is 2.27. The van der Waals surface area contributed by atoms with Gasteiger partial charge in [0.1, 0.15) is 4.90 Å². The summed E-state index contributed by atoms with van der Waals surface area (Å²) in [7, 11) is -4.14. The summed E-state index contributed by atoms with van der Waals surface area (Å²) in [6, 6.07) is 5.05. The van der Waals surface area contributed by atoms with Crippen molar-refractivity contribution < 1.29 is 13.0 Å². The molecule has 0 fully saturated rings. The standard InChI is InChI=1S/C10H12O3S/c1-3-5-9-7-4-6-8(2)10(9)14(11,12)13/h3-7H,1-2H3,(H,11,12,13). The molecule has 0 aliphatic heterocycles. The lowest BCUT2D eigenvalue weighted by Gasteiger charge is -2.05. The van der Waals surface area contributed by atoms with Gasteiger partial charge in [-0.25, -0.2) is 0 Å². The van der Waals surface area contributed by atoms with E-state index in [0.717, 1.165) is 0 Å². The van der Waals surface area contributed by atoms with Gasteiger partial charge in [0.15, 0.2) is 0 Å². The highest BCUT2D eigenvalue weighted by Gasteiger charge is 2.15. The van der Waals surface area contributed by atoms with Crippen molar-refractivity contribution in [2.24, 2.45) is 0 Å². The molecule has 0 unspecified atom stereocenters. The van der Waals surface area contributed by atoms with Gasteiger partial charge in [0.05, 0.1) is 0 Å². The maximum Gasteiger partial charge on any atom is 0.295 e. The fourth-order valence-electron chi connectivity index (χ4n) is 1.34. The molecule has 0 radical (unpaired) electrons. The summed E-state index contributed by atoms with van der Waals surface area (Å²) in [6.45, 7) is 3.44. The number of hydrogen-bond donors (Lipinski definition) is 1. The topological polar surface area (TPSA) is 54.4 Å². The van der Waals surface area contributed by atoms with Crippen LogP contribution in [0.1, 0.15) is 18.1 Å². The van der Waals surface area contributed by atoms with Crippen LogP contribution in [0.3, 0.4) is 0 Å². The minimum Gasteiger partial charge on any atom is -0.282 e. The number of allylic oxidation sites excluding steroid dienone is 1. The third kappa shape index (κ3) is 2.21. The van der Waals surface area contributed by atoms with E-state index in [-0.39, 0.29) is 4.90 Å². The lowest BCUT2D eigenvalue weighted by molar-refractivity contribution is 0.482. The van der Waals surface area contributed by atoms with Gasteiger partial charge in [0.25, 0.3) is 10.1 Å². The summed E-state index contributed by atoms with van der Waals surface area (Å²) >= 11 is 0. The van der Waals surface area contributed by atoms with Gasteiger partial charge in [-0.05, 0) is 25.0 Å². The third-order valence-electron chi connectivity index (χ3n) is 1.85. The van der Waals surface area contributed by atoms with E-state index >= 15 is 0 Å². The highest BCUT2D eigenvalue weighted by Crippen LogP contribution is 2.20. The molecule has 0 atom stereocenters. The molecule has 0 saturated carbocycles. The van der Waals surface area contributed by atoms with Gasteiger partial charge < -0.3 is 0 Å². The average molecular weight is 212 g/mol. The van der Waals surface area contributed by atoms with Crippen molar-refractivity contribution in [1.82, 2.24) is 0 Å². The van der Waals surface area contributed by atoms with Crippen molar-refractivity contribution in [1.29, 1.82) is 0 Å². The molecule has 0 amide bonds. The summed E-state index contributed by atoms with van der Waals surface area (Å²) in [4.78, 5) is -0.0156. The van der Waals surface area contributed by atoms with E-state index in [1.165, 1.54) is 0 Å². The second-order valence-corrected chi connectivity index (χ2v) is 4.33. The third-order valence-corrected chi connectivity index (χ3v) is 2.92. The zero-order valence-corrected chi connectivity index (χ0v) is 8.88. The number of hydrogen-bond acceptors (Lipinski definition) is 2. The number of benzene rings is 1. The Morgan fingerprint density at radius 3 is 2.50 bits per heavy atom. The normalized spacial score (nSPS) is 12.2. The minimum atomic E-state index is -4.14. The number of aryl methyl sites for hydroxylation is 1. The lowest BCUT2D eigenvalue weighted by Crippen LogP contribution is -2.03. The summed E-state index contributed by atoms with van der Waals surface area (Å²) in [6.07, 6.45) is 3.37. The molecular formula is C10H12O3S. The lowest BCUT2D eigenvalue weighted by atomic mass is 10.1. The van der Waals surface area contributed by atoms with Crippen LogP contribution in [0.15, 0.2) is 29.2 Å². The van der Waals surface area contributed by atoms with Gasteiger partial charge in [-0.3, -0.25) is 4.55 Å². The van der Waals surface area contributed by atoms with E-state index < -0.39 is 10.1 Å². The highest BCUT2D eigenvalue weighted by atomic mass is 32.2. The van der Waals surface area contributed by atoms with Crippen LogP contribution >= 0.6 is 0 Å². The fraction of sp³-hybridized carbons (Fsp3) is 0.200. The molecule has 1 aromatic rings. The first-order valence-electron chi connectivity index (χ1n) is 4.16. The van der Waals surface area contributed by atoms with E-state index in [0.29, 0.717) is 11.1 Å². The Kier molecular flexibility index (Phi) is 3.08. The van der Waals surface area contributed by atoms with Crippen molar-refractivity contribution in [2.75, 3.05) is 0 Å². The first-order chi connectivity index (χ1) is 6.46. The van der Waals surface area contributed by atoms with Crippen LogP contribution in [0.25, 0.3) is 6.08 Å². The van der Waals surface area contributed by atoms with Gasteiger partial charge in [-0.15, -0.1) is 0 Å². The van der Waals surface area contributed by atoms with Crippen molar-refractivity contribution in [2.45, 2.75) is 18.7 Å². The Hall–Kier alpha value is -1.13. The minimum absolute atomic E-state index is 0.0156. The van der Waals surface area contributed by atoms with Gasteiger partial charge in [0.2, 0.25) is 0 Å². The van der Waals surface area contributed by atoms with E-state index in [1.807, 2.05) is 0 Å². The van der Waals surface area contributed by atoms with Crippen LogP contribution in [0.4, 0.5) is 0 Å². The highest BCUT2D eigenvalue weighted by molar-refractivity contribution is 7.86. The maximum absolute atomic E-state index is 11.1. The molecule has 0 aliphatic carbocycles. The van der Waals surface area contributed by atoms with E-state index in [9.17, 15) is 8.42 Å². The maximum atomic E-state index is 11.1. The second kappa shape index (κ2) is 3.94. The van der Waals surface area contributed by atoms with Gasteiger partial charge >= 0.3 is 0 Å². The van der Waals surface area contributed by atoms with Crippen LogP contribution in [-0.4, -0.2) is 13.0 Å². The zero-order chi connectivity index (χ0) is 10.8. The van der Waals surface area contributed by atoms with Crippen molar-refractivity contribution in [3.8, 4) is 0 Å². The summed E-state index contributed by atoms with van der Waals surface area (Å²) in [5.41, 5.74) is 1.05. The molecular weight excluding hydrogens is 200 g/mol. The molecule has 1 aromatic carbocycles. The van der Waals surface area contributed by atoms with Gasteiger partial charge in [-0.2, -0.15) is 8.42 Å². The van der Waals surface area contributed by atoms with Crippen molar-refractivity contribution >= 4 is 16.2 Å². The van der Waals surface area contributed by atoms with Gasteiger partial charge in [-0.1, -0.05) is 30.4 Å². The molecule has 4 heteroatoms. The number of rotatable bonds is 2. The Morgan fingerprint density at radius 2 is 2.00 bits per heavy atom. The second-order valence-electron chi connectivity index (χ2n) is 2.97. The van der Waals surface area contributed by atoms with Crippen molar-refractivity contribution in [3.63, 3.8) is 0 Å². The monoisotopic (exact) mass is 212 g/mol. The predicted molar refractivity (Wildman–Crippen MR) is 55.7 cm³/mol. The van der Waals surface area contributed by atoms with E-state index in [1.54, 1.807) is 44.2 Å². The molecule has 1 rings (SSSR count). The first kappa shape index (κ1) is 10.9. The first-order valence-corrected chi connectivity index (χ1v) is 5.60. The summed E-state index contributed by atoms with van der Waals surface area (Å²) in [5.74, 6) is 0. The molecule has 1 N–H and O–H groups in total. The van der Waals surface area contributed by atoms with E-state index in [4.69, 9.17) is 4.55 Å². The van der Waals surface area contributed by atoms with Crippen LogP contribution in [0.5, 0.6) is 0 Å². The SMILES string of the molecule is CC=Cc1cccc(C)c1S(=O)(=O)O. The molecule has 0 bridgehead atoms. The Balaban J connectivity index is 3.53. The van der Waals surface area contributed by atoms with Crippen LogP contribution < -0.4 is 0 Å². The van der Waals surface area contributed by atoms with E-state index in [2.05, 4.69) is 0 Å². The quantitative estimate of drug-likeness (QED) is 0.765. The molecule has 0 saturated heterocycles. The average Bonchev–Trinajstić information content (AvgIpc) is 2.02. The summed E-state index contributed by atoms with van der Waals surface area (Å²) in [5, 5.41) is 0. The Morgan fingerprint density at radius 1 is 1.36 bits per heavy atom. The Bertz CT molecular complexity index is 458. The fourth-order valence-corrected chi connectivity index (χ4v) is 2.25. The van der Waals surface area contributed by atoms with Crippen molar-refractivity contribution in [3.05, 3.63) is 35.4 Å². The molecule has 76 valence electrons. The Labute approximate surface area is 83.8 Å². The molecule has 0 aliphatic rings. The molecule has 0 heterocycles. The smallest absolute Gasteiger partial charge is 0.282 e. The molecule has 0 aromatic heterocycles. The zero-order valence-electron chi connectivity index (χ0n) is 8.06. The van der Waals surface area contributed by atoms with Crippen LogP contribution in [0, 0.1) is 6.92 Å². The molecule has 14 heavy (non-hydrogen) atoms. The molecule has 3 nitrogen and oxygen atoms in total.